The first-order chi connectivity index (χ1) is 21.1. The number of aliphatic hydroxyl groups is 2. The van der Waals surface area contributed by atoms with E-state index >= 15 is 0 Å². The van der Waals surface area contributed by atoms with Gasteiger partial charge in [-0.25, -0.2) is 0 Å². The van der Waals surface area contributed by atoms with Crippen molar-refractivity contribution < 1.29 is 45.0 Å². The lowest BCUT2D eigenvalue weighted by molar-refractivity contribution is -0.138. The summed E-state index contributed by atoms with van der Waals surface area (Å²) in [5, 5.41) is 21.3. The van der Waals surface area contributed by atoms with Crippen molar-refractivity contribution in [3.05, 3.63) is 119 Å². The van der Waals surface area contributed by atoms with Crippen molar-refractivity contribution in [3.8, 4) is 22.3 Å². The highest BCUT2D eigenvalue weighted by atomic mass is 32.2. The molecule has 0 aromatic heterocycles. The lowest BCUT2D eigenvalue weighted by Crippen LogP contribution is -2.42. The Morgan fingerprint density at radius 1 is 0.600 bits per heavy atom. The molecule has 0 unspecified atom stereocenters. The number of β-amino-alcohol motifs (C(OH)–C–C–N with tert-alkyl or cyclic N) is 2. The van der Waals surface area contributed by atoms with Gasteiger partial charge in [-0.05, 0) is 57.6 Å². The van der Waals surface area contributed by atoms with Crippen molar-refractivity contribution in [2.75, 3.05) is 13.1 Å². The summed E-state index contributed by atoms with van der Waals surface area (Å²) in [6.45, 7) is -1.70. The molecule has 0 amide bonds. The van der Waals surface area contributed by atoms with Gasteiger partial charge in [0.15, 0.2) is 0 Å². The van der Waals surface area contributed by atoms with Gasteiger partial charge in [0.25, 0.3) is 10.2 Å². The molecule has 2 atom stereocenters. The minimum Gasteiger partial charge on any atom is -0.389 e. The molecule has 1 fully saturated rings. The molecule has 1 aliphatic heterocycles. The van der Waals surface area contributed by atoms with E-state index in [4.69, 9.17) is 0 Å². The molecule has 0 saturated carbocycles. The Balaban J connectivity index is 1.50. The molecular weight excluding hydrogens is 622 g/mol. The molecule has 4 aromatic rings. The second-order valence-corrected chi connectivity index (χ2v) is 12.6. The fourth-order valence-electron chi connectivity index (χ4n) is 5.29. The molecule has 5 rings (SSSR count). The normalized spacial score (nSPS) is 19.7. The van der Waals surface area contributed by atoms with Gasteiger partial charge in [0, 0.05) is 26.2 Å². The molecule has 13 heteroatoms. The maximum absolute atomic E-state index is 14.0. The summed E-state index contributed by atoms with van der Waals surface area (Å²) in [5.41, 5.74) is 0.0727. The van der Waals surface area contributed by atoms with Crippen LogP contribution in [0.15, 0.2) is 97.1 Å². The van der Waals surface area contributed by atoms with Gasteiger partial charge >= 0.3 is 12.4 Å². The lowest BCUT2D eigenvalue weighted by atomic mass is 9.97. The highest BCUT2D eigenvalue weighted by molar-refractivity contribution is 7.86. The largest absolute Gasteiger partial charge is 0.416 e. The van der Waals surface area contributed by atoms with Crippen LogP contribution in [0.25, 0.3) is 22.3 Å². The zero-order valence-corrected chi connectivity index (χ0v) is 24.3. The molecule has 0 bridgehead atoms. The lowest BCUT2D eigenvalue weighted by Gasteiger charge is -2.28. The first kappa shape index (κ1) is 32.6. The van der Waals surface area contributed by atoms with Crippen LogP contribution in [-0.2, 0) is 35.7 Å². The molecule has 6 nitrogen and oxygen atoms in total. The van der Waals surface area contributed by atoms with Crippen molar-refractivity contribution in [3.63, 3.8) is 0 Å². The van der Waals surface area contributed by atoms with Gasteiger partial charge in [0.05, 0.1) is 23.3 Å². The third-order valence-electron chi connectivity index (χ3n) is 7.61. The number of hydrogen-bond donors (Lipinski definition) is 2. The van der Waals surface area contributed by atoms with Crippen LogP contribution < -0.4 is 0 Å². The van der Waals surface area contributed by atoms with E-state index in [0.29, 0.717) is 22.3 Å². The predicted molar refractivity (Wildman–Crippen MR) is 156 cm³/mol. The smallest absolute Gasteiger partial charge is 0.389 e. The first-order valence-corrected chi connectivity index (χ1v) is 15.2. The minimum absolute atomic E-state index is 0.208. The monoisotopic (exact) mass is 650 g/mol. The van der Waals surface area contributed by atoms with Gasteiger partial charge < -0.3 is 10.2 Å². The van der Waals surface area contributed by atoms with Crippen molar-refractivity contribution in [1.29, 1.82) is 0 Å². The van der Waals surface area contributed by atoms with Crippen LogP contribution in [-0.4, -0.2) is 52.5 Å². The third-order valence-corrected chi connectivity index (χ3v) is 9.47. The van der Waals surface area contributed by atoms with E-state index < -0.39 is 59.0 Å². The Kier molecular flexibility index (Phi) is 9.11. The second-order valence-electron chi connectivity index (χ2n) is 10.7. The van der Waals surface area contributed by atoms with E-state index in [-0.39, 0.29) is 24.2 Å². The Labute approximate surface area is 256 Å². The Morgan fingerprint density at radius 2 is 0.978 bits per heavy atom. The maximum atomic E-state index is 14.0. The number of nitrogens with zero attached hydrogens (tertiary/aromatic N) is 2. The quantitative estimate of drug-likeness (QED) is 0.239. The van der Waals surface area contributed by atoms with Gasteiger partial charge in [0.1, 0.15) is 0 Å². The fraction of sp³-hybridized carbons (Fsp3) is 0.250. The highest BCUT2D eigenvalue weighted by Gasteiger charge is 2.40. The van der Waals surface area contributed by atoms with E-state index in [1.165, 1.54) is 24.3 Å². The van der Waals surface area contributed by atoms with Crippen LogP contribution in [0.5, 0.6) is 0 Å². The zero-order chi connectivity index (χ0) is 32.6. The predicted octanol–water partition coefficient (Wildman–Crippen LogP) is 6.34. The number of alkyl halides is 6. The molecule has 0 aliphatic carbocycles. The van der Waals surface area contributed by atoms with Gasteiger partial charge in [-0.3, -0.25) is 0 Å². The van der Waals surface area contributed by atoms with Gasteiger partial charge in [-0.15, -0.1) is 0 Å². The molecule has 0 radical (unpaired) electrons. The van der Waals surface area contributed by atoms with E-state index in [1.54, 1.807) is 48.5 Å². The maximum Gasteiger partial charge on any atom is 0.416 e. The van der Waals surface area contributed by atoms with E-state index in [2.05, 4.69) is 0 Å². The van der Waals surface area contributed by atoms with Crippen LogP contribution in [0.3, 0.4) is 0 Å². The molecule has 1 saturated heterocycles. The summed E-state index contributed by atoms with van der Waals surface area (Å²) in [6, 6.07) is 21.9. The average molecular weight is 651 g/mol. The Morgan fingerprint density at radius 3 is 1.36 bits per heavy atom. The molecule has 1 heterocycles. The molecule has 0 spiro atoms. The molecular formula is C32H28F6N2O4S. The summed E-state index contributed by atoms with van der Waals surface area (Å²) in [7, 11) is -4.44. The number of benzene rings is 4. The zero-order valence-electron chi connectivity index (χ0n) is 23.5. The van der Waals surface area contributed by atoms with Gasteiger partial charge in [0.2, 0.25) is 0 Å². The van der Waals surface area contributed by atoms with Crippen LogP contribution in [0.2, 0.25) is 0 Å². The molecule has 238 valence electrons. The van der Waals surface area contributed by atoms with E-state index in [0.717, 1.165) is 32.9 Å². The summed E-state index contributed by atoms with van der Waals surface area (Å²) in [4.78, 5) is 0. The Hall–Kier alpha value is -3.75. The fourth-order valence-corrected chi connectivity index (χ4v) is 6.90. The average Bonchev–Trinajstić information content (AvgIpc) is 3.07. The van der Waals surface area contributed by atoms with Crippen molar-refractivity contribution >= 4 is 10.2 Å². The summed E-state index contributed by atoms with van der Waals surface area (Å²) < 4.78 is 110. The van der Waals surface area contributed by atoms with Crippen molar-refractivity contribution in [2.24, 2.45) is 0 Å². The topological polar surface area (TPSA) is 81.1 Å². The van der Waals surface area contributed by atoms with Crippen LogP contribution in [0.4, 0.5) is 26.3 Å². The molecule has 1 aliphatic rings. The Bertz CT molecular complexity index is 1650. The van der Waals surface area contributed by atoms with Gasteiger partial charge in [-0.1, -0.05) is 72.8 Å². The number of rotatable bonds is 6. The van der Waals surface area contributed by atoms with Crippen LogP contribution in [0, 0.1) is 0 Å². The standard InChI is InChI=1S/C32H28F6N2O4S/c33-31(34,35)25-11-5-9-21(15-25)27-13-3-1-7-23(27)17-39-19-29(41)30(42)20-40(45(39,43)44)18-24-8-2-4-14-28(24)22-10-6-12-26(16-22)32(36,37)38/h1-16,29-30,41-42H,17-20H2/t29-,30-/m0/s1. The highest BCUT2D eigenvalue weighted by Crippen LogP contribution is 2.36. The minimum atomic E-state index is -4.59. The third kappa shape index (κ3) is 7.23. The number of halogens is 6. The summed E-state index contributed by atoms with van der Waals surface area (Å²) in [6.07, 6.45) is -12.2. The van der Waals surface area contributed by atoms with Gasteiger partial charge in [-0.2, -0.15) is 43.4 Å². The summed E-state index contributed by atoms with van der Waals surface area (Å²) >= 11 is 0. The SMILES string of the molecule is O=S1(=O)N(Cc2ccccc2-c2cccc(C(F)(F)F)c2)C[C@H](O)[C@@H](O)CN1Cc1ccccc1-c1cccc(C(F)(F)F)c1. The molecule has 45 heavy (non-hydrogen) atoms. The summed E-state index contributed by atoms with van der Waals surface area (Å²) in [5.74, 6) is 0. The van der Waals surface area contributed by atoms with Crippen molar-refractivity contribution in [2.45, 2.75) is 37.7 Å². The molecule has 2 N–H and O–H groups in total. The second kappa shape index (κ2) is 12.6. The first-order valence-electron chi connectivity index (χ1n) is 13.8. The van der Waals surface area contributed by atoms with Crippen LogP contribution in [0.1, 0.15) is 22.3 Å². The molecule has 4 aromatic carbocycles. The number of hydrogen-bond acceptors (Lipinski definition) is 4. The van der Waals surface area contributed by atoms with E-state index in [9.17, 15) is 45.0 Å². The van der Waals surface area contributed by atoms with Crippen molar-refractivity contribution in [1.82, 2.24) is 8.61 Å². The van der Waals surface area contributed by atoms with E-state index in [1.807, 2.05) is 0 Å². The van der Waals surface area contributed by atoms with Crippen LogP contribution >= 0.6 is 0 Å². The number of aliphatic hydroxyl groups excluding tert-OH is 2.